The number of aromatic nitrogens is 3. The van der Waals surface area contributed by atoms with E-state index in [2.05, 4.69) is 10.3 Å². The maximum Gasteiger partial charge on any atom is 0.148 e. The Morgan fingerprint density at radius 1 is 1.50 bits per heavy atom. The second-order valence-electron chi connectivity index (χ2n) is 4.72. The molecule has 2 heterocycles. The van der Waals surface area contributed by atoms with Crippen LogP contribution in [0.3, 0.4) is 0 Å². The monoisotopic (exact) mass is 250 g/mol. The molecule has 5 nitrogen and oxygen atoms in total. The zero-order chi connectivity index (χ0) is 12.5. The number of nitrogens with two attached hydrogens (primary N) is 1. The van der Waals surface area contributed by atoms with Crippen molar-refractivity contribution >= 4 is 16.7 Å². The summed E-state index contributed by atoms with van der Waals surface area (Å²) in [5.74, 6) is -0.00444. The topological polar surface area (TPSA) is 66.0 Å². The first kappa shape index (κ1) is 11.4. The Bertz CT molecular complexity index is 562. The van der Waals surface area contributed by atoms with Crippen molar-refractivity contribution in [3.63, 3.8) is 0 Å². The summed E-state index contributed by atoms with van der Waals surface area (Å²) >= 11 is 0. The molecule has 2 N–H and O–H groups in total. The van der Waals surface area contributed by atoms with Crippen molar-refractivity contribution in [2.24, 2.45) is 5.92 Å². The van der Waals surface area contributed by atoms with Crippen molar-refractivity contribution in [3.8, 4) is 0 Å². The Morgan fingerprint density at radius 3 is 3.17 bits per heavy atom. The molecule has 1 aliphatic rings. The maximum atomic E-state index is 13.5. The highest BCUT2D eigenvalue weighted by Crippen LogP contribution is 2.21. The number of nitrogens with zero attached hydrogens (tertiary/aromatic N) is 3. The summed E-state index contributed by atoms with van der Waals surface area (Å²) in [5.41, 5.74) is 6.93. The molecule has 1 fully saturated rings. The lowest BCUT2D eigenvalue weighted by atomic mass is 10.0. The Kier molecular flexibility index (Phi) is 2.87. The lowest BCUT2D eigenvalue weighted by Crippen LogP contribution is -2.22. The summed E-state index contributed by atoms with van der Waals surface area (Å²) in [4.78, 5) is 0. The minimum Gasteiger partial charge on any atom is -0.396 e. The zero-order valence-corrected chi connectivity index (χ0v) is 9.97. The molecule has 1 unspecified atom stereocenters. The predicted molar refractivity (Wildman–Crippen MR) is 65.4 cm³/mol. The molecule has 0 radical (unpaired) electrons. The van der Waals surface area contributed by atoms with E-state index in [0.717, 1.165) is 26.1 Å². The van der Waals surface area contributed by atoms with Crippen LogP contribution in [-0.4, -0.2) is 28.2 Å². The van der Waals surface area contributed by atoms with Crippen LogP contribution >= 0.6 is 0 Å². The van der Waals surface area contributed by atoms with Gasteiger partial charge in [0, 0.05) is 25.1 Å². The normalized spacial score (nSPS) is 20.4. The number of hydrogen-bond acceptors (Lipinski definition) is 4. The van der Waals surface area contributed by atoms with Crippen LogP contribution in [0.15, 0.2) is 12.1 Å². The number of rotatable bonds is 2. The van der Waals surface area contributed by atoms with Crippen LogP contribution in [-0.2, 0) is 11.3 Å². The Labute approximate surface area is 104 Å². The Balaban J connectivity index is 1.89. The van der Waals surface area contributed by atoms with E-state index < -0.39 is 5.82 Å². The van der Waals surface area contributed by atoms with Crippen LogP contribution < -0.4 is 5.73 Å². The molecule has 0 amide bonds. The third-order valence-electron chi connectivity index (χ3n) is 3.32. The SMILES string of the molecule is Nc1cc2nnn(CC3CCCOC3)c2cc1F. The lowest BCUT2D eigenvalue weighted by molar-refractivity contribution is 0.0473. The van der Waals surface area contributed by atoms with Crippen molar-refractivity contribution in [2.45, 2.75) is 19.4 Å². The van der Waals surface area contributed by atoms with Crippen molar-refractivity contribution in [1.82, 2.24) is 15.0 Å². The number of nitrogen functional groups attached to an aromatic ring is 1. The number of fused-ring (bicyclic) bond motifs is 1. The molecule has 1 aromatic carbocycles. The Hall–Kier alpha value is -1.69. The van der Waals surface area contributed by atoms with Gasteiger partial charge in [-0.05, 0) is 18.9 Å². The molecule has 0 bridgehead atoms. The number of benzene rings is 1. The average molecular weight is 250 g/mol. The smallest absolute Gasteiger partial charge is 0.148 e. The second kappa shape index (κ2) is 4.53. The van der Waals surface area contributed by atoms with E-state index in [-0.39, 0.29) is 5.69 Å². The summed E-state index contributed by atoms with van der Waals surface area (Å²) < 4.78 is 20.6. The molecule has 96 valence electrons. The molecule has 0 aliphatic carbocycles. The van der Waals surface area contributed by atoms with E-state index in [1.165, 1.54) is 12.1 Å². The number of hydrogen-bond donors (Lipinski definition) is 1. The van der Waals surface area contributed by atoms with Crippen LogP contribution in [0.4, 0.5) is 10.1 Å². The first-order valence-corrected chi connectivity index (χ1v) is 6.10. The molecule has 0 saturated carbocycles. The van der Waals surface area contributed by atoms with Crippen molar-refractivity contribution in [2.75, 3.05) is 18.9 Å². The molecule has 1 aliphatic heterocycles. The largest absolute Gasteiger partial charge is 0.396 e. The fourth-order valence-corrected chi connectivity index (χ4v) is 2.34. The number of ether oxygens (including phenoxy) is 1. The summed E-state index contributed by atoms with van der Waals surface area (Å²) in [6.07, 6.45) is 2.18. The van der Waals surface area contributed by atoms with Gasteiger partial charge in [0.05, 0.1) is 17.8 Å². The third kappa shape index (κ3) is 2.03. The van der Waals surface area contributed by atoms with Gasteiger partial charge in [0.15, 0.2) is 0 Å². The molecule has 2 aromatic rings. The van der Waals surface area contributed by atoms with Gasteiger partial charge in [-0.1, -0.05) is 5.21 Å². The first-order chi connectivity index (χ1) is 8.74. The van der Waals surface area contributed by atoms with E-state index in [1.54, 1.807) is 4.68 Å². The first-order valence-electron chi connectivity index (χ1n) is 6.10. The van der Waals surface area contributed by atoms with Gasteiger partial charge < -0.3 is 10.5 Å². The van der Waals surface area contributed by atoms with Crippen molar-refractivity contribution in [3.05, 3.63) is 17.9 Å². The van der Waals surface area contributed by atoms with Crippen LogP contribution in [0.5, 0.6) is 0 Å². The predicted octanol–water partition coefficient (Wildman–Crippen LogP) is 1.58. The molecule has 1 atom stereocenters. The number of halogens is 1. The van der Waals surface area contributed by atoms with Gasteiger partial charge in [-0.15, -0.1) is 5.10 Å². The third-order valence-corrected chi connectivity index (χ3v) is 3.32. The Morgan fingerprint density at radius 2 is 2.39 bits per heavy atom. The van der Waals surface area contributed by atoms with Crippen LogP contribution in [0, 0.1) is 11.7 Å². The molecule has 3 rings (SSSR count). The van der Waals surface area contributed by atoms with Gasteiger partial charge in [0.25, 0.3) is 0 Å². The van der Waals surface area contributed by atoms with Crippen molar-refractivity contribution in [1.29, 1.82) is 0 Å². The van der Waals surface area contributed by atoms with Gasteiger partial charge >= 0.3 is 0 Å². The van der Waals surface area contributed by atoms with E-state index in [9.17, 15) is 4.39 Å². The van der Waals surface area contributed by atoms with E-state index >= 15 is 0 Å². The number of anilines is 1. The van der Waals surface area contributed by atoms with Crippen LogP contribution in [0.1, 0.15) is 12.8 Å². The van der Waals surface area contributed by atoms with E-state index in [1.807, 2.05) is 0 Å². The highest BCUT2D eigenvalue weighted by atomic mass is 19.1. The summed E-state index contributed by atoms with van der Waals surface area (Å²) in [6, 6.07) is 2.92. The van der Waals surface area contributed by atoms with E-state index in [4.69, 9.17) is 10.5 Å². The average Bonchev–Trinajstić information content (AvgIpc) is 2.74. The zero-order valence-electron chi connectivity index (χ0n) is 9.97. The maximum absolute atomic E-state index is 13.5. The van der Waals surface area contributed by atoms with Gasteiger partial charge in [-0.25, -0.2) is 9.07 Å². The highest BCUT2D eigenvalue weighted by Gasteiger charge is 2.17. The van der Waals surface area contributed by atoms with Crippen molar-refractivity contribution < 1.29 is 9.13 Å². The fraction of sp³-hybridized carbons (Fsp3) is 0.500. The minimum atomic E-state index is -0.425. The summed E-state index contributed by atoms with van der Waals surface area (Å²) in [7, 11) is 0. The fourth-order valence-electron chi connectivity index (χ4n) is 2.34. The molecule has 18 heavy (non-hydrogen) atoms. The molecule has 1 aromatic heterocycles. The van der Waals surface area contributed by atoms with Gasteiger partial charge in [-0.3, -0.25) is 0 Å². The standard InChI is InChI=1S/C12H15FN4O/c13-9-4-12-11(5-10(9)14)15-16-17(12)6-8-2-1-3-18-7-8/h4-5,8H,1-3,6-7,14H2. The summed E-state index contributed by atoms with van der Waals surface area (Å²) in [6.45, 7) is 2.28. The van der Waals surface area contributed by atoms with E-state index in [0.29, 0.717) is 23.5 Å². The molecule has 0 spiro atoms. The summed E-state index contributed by atoms with van der Waals surface area (Å²) in [5, 5.41) is 8.07. The minimum absolute atomic E-state index is 0.107. The quantitative estimate of drug-likeness (QED) is 0.822. The molecular formula is C12H15FN4O. The molecular weight excluding hydrogens is 235 g/mol. The second-order valence-corrected chi connectivity index (χ2v) is 4.72. The highest BCUT2D eigenvalue weighted by molar-refractivity contribution is 5.78. The van der Waals surface area contributed by atoms with Gasteiger partial charge in [-0.2, -0.15) is 0 Å². The van der Waals surface area contributed by atoms with Gasteiger partial charge in [0.2, 0.25) is 0 Å². The molecule has 1 saturated heterocycles. The van der Waals surface area contributed by atoms with Gasteiger partial charge in [0.1, 0.15) is 11.3 Å². The lowest BCUT2D eigenvalue weighted by Gasteiger charge is -2.21. The van der Waals surface area contributed by atoms with Crippen LogP contribution in [0.25, 0.3) is 11.0 Å². The van der Waals surface area contributed by atoms with Crippen LogP contribution in [0.2, 0.25) is 0 Å². The molecule has 6 heteroatoms.